The molecule has 0 aliphatic rings. The van der Waals surface area contributed by atoms with Crippen molar-refractivity contribution in [2.24, 2.45) is 0 Å². The molecule has 0 fully saturated rings. The van der Waals surface area contributed by atoms with E-state index in [1.807, 2.05) is 0 Å². The molecule has 212 valence electrons. The normalized spacial score (nSPS) is 12.1. The number of hydrogen-bond donors (Lipinski definition) is 0. The Kier molecular flexibility index (Phi) is 10.6. The van der Waals surface area contributed by atoms with Crippen LogP contribution < -0.4 is 31.8 Å². The van der Waals surface area contributed by atoms with Gasteiger partial charge >= 0.3 is 0 Å². The van der Waals surface area contributed by atoms with Gasteiger partial charge in [0.05, 0.1) is 0 Å². The fourth-order valence-corrected chi connectivity index (χ4v) is 14.4. The van der Waals surface area contributed by atoms with Gasteiger partial charge in [-0.2, -0.15) is 0 Å². The second kappa shape index (κ2) is 15.4. The Labute approximate surface area is 261 Å². The van der Waals surface area contributed by atoms with Crippen molar-refractivity contribution in [3.63, 3.8) is 0 Å². The monoisotopic (exact) mass is 610 g/mol. The van der Waals surface area contributed by atoms with Gasteiger partial charge < -0.3 is 0 Å². The summed E-state index contributed by atoms with van der Waals surface area (Å²) < 4.78 is 0. The molecule has 6 aromatic carbocycles. The maximum atomic E-state index is 2.37. The highest BCUT2D eigenvalue weighted by Crippen LogP contribution is 2.49. The Morgan fingerprint density at radius 3 is 0.930 bits per heavy atom. The van der Waals surface area contributed by atoms with E-state index in [1.54, 1.807) is 0 Å². The van der Waals surface area contributed by atoms with E-state index in [1.165, 1.54) is 50.6 Å². The van der Waals surface area contributed by atoms with E-state index in [-0.39, 0.29) is 0 Å². The van der Waals surface area contributed by atoms with Gasteiger partial charge in [0.1, 0.15) is 0 Å². The van der Waals surface area contributed by atoms with Crippen LogP contribution in [0, 0.1) is 0 Å². The molecule has 1 atom stereocenters. The minimum atomic E-state index is -0.569. The lowest BCUT2D eigenvalue weighted by Crippen LogP contribution is -2.29. The molecule has 0 nitrogen and oxygen atoms in total. The molecule has 0 saturated carbocycles. The molecule has 0 amide bonds. The van der Waals surface area contributed by atoms with Crippen LogP contribution in [0.4, 0.5) is 0 Å². The van der Waals surface area contributed by atoms with E-state index in [0.29, 0.717) is 5.66 Å². The third kappa shape index (κ3) is 7.77. The second-order valence-corrected chi connectivity index (χ2v) is 17.7. The largest absolute Gasteiger partial charge is 0.0622 e. The number of rotatable bonds is 12. The predicted octanol–water partition coefficient (Wildman–Crippen LogP) is 8.14. The summed E-state index contributed by atoms with van der Waals surface area (Å²) in [6.45, 7) is 0. The van der Waals surface area contributed by atoms with Crippen LogP contribution in [0.3, 0.4) is 0 Å². The van der Waals surface area contributed by atoms with Crippen LogP contribution in [0.2, 0.25) is 0 Å². The van der Waals surface area contributed by atoms with Crippen LogP contribution in [0.15, 0.2) is 182 Å². The summed E-state index contributed by atoms with van der Waals surface area (Å²) in [4.78, 5) is 0. The molecule has 6 aromatic rings. The number of hydrogen-bond acceptors (Lipinski definition) is 0. The number of benzene rings is 6. The molecule has 0 aliphatic carbocycles. The molecule has 3 heteroatoms. The first kappa shape index (κ1) is 29.7. The zero-order valence-corrected chi connectivity index (χ0v) is 27.0. The van der Waals surface area contributed by atoms with Crippen molar-refractivity contribution in [2.75, 3.05) is 12.3 Å². The first-order valence-electron chi connectivity index (χ1n) is 15.0. The summed E-state index contributed by atoms with van der Waals surface area (Å²) in [7, 11) is -1.55. The Morgan fingerprint density at radius 1 is 0.326 bits per heavy atom. The van der Waals surface area contributed by atoms with E-state index >= 15 is 0 Å². The van der Waals surface area contributed by atoms with Crippen molar-refractivity contribution >= 4 is 55.6 Å². The Morgan fingerprint density at radius 2 is 0.605 bits per heavy atom. The van der Waals surface area contributed by atoms with Gasteiger partial charge in [-0.3, -0.25) is 0 Å². The van der Waals surface area contributed by atoms with Gasteiger partial charge in [-0.05, 0) is 80.0 Å². The highest BCUT2D eigenvalue weighted by Gasteiger charge is 2.30. The average Bonchev–Trinajstić information content (AvgIpc) is 3.10. The standard InChI is InChI=1S/C40H37P3/c1-7-19-34(20-8-1)41(35-21-9-2-10-22-35)32-31-40(43(38-27-15-5-16-28-38)39-29-17-6-18-30-39)33-42(36-23-11-3-12-24-36)37-25-13-4-14-26-37/h1-30,40H,31-33H2/t40-/m1/s1. The Bertz CT molecular complexity index is 1510. The third-order valence-electron chi connectivity index (χ3n) is 7.78. The second-order valence-electron chi connectivity index (χ2n) is 10.6. The first-order chi connectivity index (χ1) is 21.4. The lowest BCUT2D eigenvalue weighted by molar-refractivity contribution is 0.914. The highest BCUT2D eigenvalue weighted by molar-refractivity contribution is 7.77. The molecular formula is C40H37P3. The lowest BCUT2D eigenvalue weighted by atomic mass is 10.3. The molecule has 0 spiro atoms. The van der Waals surface area contributed by atoms with Crippen LogP contribution in [-0.2, 0) is 0 Å². The lowest BCUT2D eigenvalue weighted by Gasteiger charge is -2.33. The molecule has 0 N–H and O–H groups in total. The summed E-state index contributed by atoms with van der Waals surface area (Å²) in [5.41, 5.74) is 0.531. The summed E-state index contributed by atoms with van der Waals surface area (Å²) in [6, 6.07) is 67.7. The van der Waals surface area contributed by atoms with Crippen molar-refractivity contribution in [3.05, 3.63) is 182 Å². The van der Waals surface area contributed by atoms with Crippen molar-refractivity contribution in [3.8, 4) is 0 Å². The van der Waals surface area contributed by atoms with Crippen molar-refractivity contribution in [2.45, 2.75) is 12.1 Å². The fourth-order valence-electron chi connectivity index (χ4n) is 5.74. The van der Waals surface area contributed by atoms with Gasteiger partial charge in [0.2, 0.25) is 0 Å². The Hall–Kier alpha value is -3.39. The third-order valence-corrected chi connectivity index (χ3v) is 16.1. The quantitative estimate of drug-likeness (QED) is 0.123. The van der Waals surface area contributed by atoms with Crippen LogP contribution in [0.1, 0.15) is 6.42 Å². The average molecular weight is 611 g/mol. The van der Waals surface area contributed by atoms with Crippen molar-refractivity contribution in [1.29, 1.82) is 0 Å². The molecule has 0 radical (unpaired) electrons. The summed E-state index contributed by atoms with van der Waals surface area (Å²) in [5.74, 6) is 0. The minimum Gasteiger partial charge on any atom is -0.0622 e. The summed E-state index contributed by atoms with van der Waals surface area (Å²) in [5, 5.41) is 8.84. The molecular weight excluding hydrogens is 573 g/mol. The van der Waals surface area contributed by atoms with E-state index in [0.717, 1.165) is 0 Å². The smallest absolute Gasteiger partial charge is 0.00799 e. The highest BCUT2D eigenvalue weighted by atomic mass is 31.1. The van der Waals surface area contributed by atoms with Crippen LogP contribution in [0.25, 0.3) is 0 Å². The van der Waals surface area contributed by atoms with Gasteiger partial charge in [0.15, 0.2) is 0 Å². The van der Waals surface area contributed by atoms with E-state index in [2.05, 4.69) is 182 Å². The maximum Gasteiger partial charge on any atom is -0.00799 e. The Balaban J connectivity index is 1.43. The zero-order chi connectivity index (χ0) is 29.1. The van der Waals surface area contributed by atoms with E-state index < -0.39 is 23.8 Å². The summed E-state index contributed by atoms with van der Waals surface area (Å²) in [6.07, 6.45) is 3.54. The first-order valence-corrected chi connectivity index (χ1v) is 19.5. The molecule has 0 aliphatic heterocycles. The van der Waals surface area contributed by atoms with Crippen molar-refractivity contribution < 1.29 is 0 Å². The van der Waals surface area contributed by atoms with E-state index in [4.69, 9.17) is 0 Å². The maximum absolute atomic E-state index is 2.37. The molecule has 6 rings (SSSR count). The zero-order valence-electron chi connectivity index (χ0n) is 24.4. The van der Waals surface area contributed by atoms with Gasteiger partial charge in [-0.15, -0.1) is 0 Å². The minimum absolute atomic E-state index is 0.462. The summed E-state index contributed by atoms with van der Waals surface area (Å²) >= 11 is 0. The molecule has 0 heterocycles. The van der Waals surface area contributed by atoms with Crippen molar-refractivity contribution in [1.82, 2.24) is 0 Å². The molecule has 0 unspecified atom stereocenters. The SMILES string of the molecule is c1ccc(P(CC[C@H](CP(c2ccccc2)c2ccccc2)P(c2ccccc2)c2ccccc2)c2ccccc2)cc1. The van der Waals surface area contributed by atoms with Gasteiger partial charge in [-0.25, -0.2) is 0 Å². The predicted molar refractivity (Wildman–Crippen MR) is 195 cm³/mol. The fraction of sp³-hybridized carbons (Fsp3) is 0.100. The van der Waals surface area contributed by atoms with Gasteiger partial charge in [0, 0.05) is 0 Å². The molecule has 0 bridgehead atoms. The van der Waals surface area contributed by atoms with Crippen LogP contribution >= 0.6 is 23.8 Å². The topological polar surface area (TPSA) is 0 Å². The molecule has 0 aromatic heterocycles. The van der Waals surface area contributed by atoms with E-state index in [9.17, 15) is 0 Å². The van der Waals surface area contributed by atoms with Gasteiger partial charge in [0.25, 0.3) is 0 Å². The van der Waals surface area contributed by atoms with Gasteiger partial charge in [-0.1, -0.05) is 182 Å². The van der Waals surface area contributed by atoms with Crippen LogP contribution in [-0.4, -0.2) is 18.0 Å². The molecule has 0 saturated heterocycles. The molecule has 43 heavy (non-hydrogen) atoms. The van der Waals surface area contributed by atoms with Crippen LogP contribution in [0.5, 0.6) is 0 Å².